The summed E-state index contributed by atoms with van der Waals surface area (Å²) in [5.41, 5.74) is 7.11. The number of rotatable bonds is 4. The molecular weight excluding hydrogens is 414 g/mol. The predicted molar refractivity (Wildman–Crippen MR) is 125 cm³/mol. The summed E-state index contributed by atoms with van der Waals surface area (Å²) in [5.74, 6) is 0.0753. The first-order chi connectivity index (χ1) is 16.2. The number of hydrogen-bond donors (Lipinski definition) is 0. The number of methoxy groups -OCH3 is 1. The van der Waals surface area contributed by atoms with Crippen molar-refractivity contribution in [3.05, 3.63) is 83.7 Å². The molecule has 0 radical (unpaired) electrons. The fourth-order valence-corrected chi connectivity index (χ4v) is 5.58. The molecule has 1 aliphatic carbocycles. The SMILES string of the molecule is COc1ncc(C2=CC3CCC(C2)N3C(=O)OCC2c3ccccc3-c3ccccc32)cn1. The van der Waals surface area contributed by atoms with Crippen LogP contribution in [0, 0.1) is 0 Å². The third-order valence-corrected chi connectivity index (χ3v) is 7.12. The Morgan fingerprint density at radius 1 is 1.00 bits per heavy atom. The Hall–Kier alpha value is -3.67. The van der Waals surface area contributed by atoms with Crippen LogP contribution >= 0.6 is 0 Å². The van der Waals surface area contributed by atoms with Gasteiger partial charge in [0.15, 0.2) is 0 Å². The van der Waals surface area contributed by atoms with Gasteiger partial charge in [-0.05, 0) is 47.1 Å². The van der Waals surface area contributed by atoms with Crippen molar-refractivity contribution in [3.8, 4) is 17.1 Å². The number of nitrogens with zero attached hydrogens (tertiary/aromatic N) is 3. The van der Waals surface area contributed by atoms with E-state index in [1.165, 1.54) is 27.8 Å². The normalized spacial score (nSPS) is 20.8. The maximum Gasteiger partial charge on any atom is 0.410 e. The summed E-state index contributed by atoms with van der Waals surface area (Å²) in [6, 6.07) is 17.4. The average molecular weight is 440 g/mol. The number of amides is 1. The number of benzene rings is 2. The van der Waals surface area contributed by atoms with Crippen molar-refractivity contribution in [2.24, 2.45) is 0 Å². The van der Waals surface area contributed by atoms with Crippen LogP contribution in [0.2, 0.25) is 0 Å². The lowest BCUT2D eigenvalue weighted by Crippen LogP contribution is -2.43. The molecule has 6 nitrogen and oxygen atoms in total. The smallest absolute Gasteiger partial charge is 0.410 e. The van der Waals surface area contributed by atoms with Crippen LogP contribution in [0.1, 0.15) is 41.9 Å². The summed E-state index contributed by atoms with van der Waals surface area (Å²) >= 11 is 0. The maximum absolute atomic E-state index is 13.2. The highest BCUT2D eigenvalue weighted by atomic mass is 16.6. The van der Waals surface area contributed by atoms with E-state index in [0.29, 0.717) is 12.6 Å². The molecule has 1 saturated heterocycles. The Labute approximate surface area is 192 Å². The molecule has 6 rings (SSSR count). The van der Waals surface area contributed by atoms with E-state index in [2.05, 4.69) is 64.6 Å². The quantitative estimate of drug-likeness (QED) is 0.569. The number of carbonyl (C=O) groups excluding carboxylic acids is 1. The zero-order valence-electron chi connectivity index (χ0n) is 18.5. The second kappa shape index (κ2) is 8.03. The molecule has 1 amide bonds. The molecule has 1 fully saturated rings. The second-order valence-corrected chi connectivity index (χ2v) is 8.86. The largest absolute Gasteiger partial charge is 0.467 e. The van der Waals surface area contributed by atoms with E-state index in [0.717, 1.165) is 24.8 Å². The Kier molecular flexibility index (Phi) is 4.86. The zero-order chi connectivity index (χ0) is 22.4. The molecule has 2 aliphatic heterocycles. The molecule has 166 valence electrons. The molecule has 2 unspecified atom stereocenters. The third kappa shape index (κ3) is 3.37. The molecule has 2 atom stereocenters. The van der Waals surface area contributed by atoms with Gasteiger partial charge in [-0.15, -0.1) is 0 Å². The maximum atomic E-state index is 13.2. The Bertz CT molecular complexity index is 1190. The highest BCUT2D eigenvalue weighted by molar-refractivity contribution is 5.79. The first kappa shape index (κ1) is 20.0. The molecule has 0 saturated carbocycles. The van der Waals surface area contributed by atoms with Crippen LogP contribution in [-0.4, -0.2) is 46.8 Å². The van der Waals surface area contributed by atoms with E-state index < -0.39 is 0 Å². The molecule has 6 heteroatoms. The topological polar surface area (TPSA) is 64.5 Å². The number of fused-ring (bicyclic) bond motifs is 5. The minimum atomic E-state index is -0.217. The van der Waals surface area contributed by atoms with Gasteiger partial charge >= 0.3 is 12.1 Å². The lowest BCUT2D eigenvalue weighted by molar-refractivity contribution is 0.0866. The number of aromatic nitrogens is 2. The van der Waals surface area contributed by atoms with E-state index in [9.17, 15) is 4.79 Å². The van der Waals surface area contributed by atoms with Crippen molar-refractivity contribution in [3.63, 3.8) is 0 Å². The summed E-state index contributed by atoms with van der Waals surface area (Å²) in [6.07, 6.45) is 8.26. The van der Waals surface area contributed by atoms with Gasteiger partial charge in [0.05, 0.1) is 13.2 Å². The van der Waals surface area contributed by atoms with Crippen LogP contribution in [0.25, 0.3) is 16.7 Å². The molecule has 0 N–H and O–H groups in total. The van der Waals surface area contributed by atoms with Crippen LogP contribution in [0.4, 0.5) is 4.79 Å². The summed E-state index contributed by atoms with van der Waals surface area (Å²) in [4.78, 5) is 23.6. The van der Waals surface area contributed by atoms with E-state index in [1.54, 1.807) is 19.5 Å². The standard InChI is InChI=1S/C27H25N3O3/c1-32-26-28-14-18(15-29-26)17-12-19-10-11-20(13-17)30(19)27(31)33-16-25-23-8-4-2-6-21(23)22-7-3-5-9-24(22)25/h2-9,12,14-15,19-20,25H,10-11,13,16H2,1H3. The van der Waals surface area contributed by atoms with Crippen LogP contribution < -0.4 is 4.74 Å². The lowest BCUT2D eigenvalue weighted by atomic mass is 9.97. The van der Waals surface area contributed by atoms with Crippen molar-refractivity contribution in [1.29, 1.82) is 0 Å². The van der Waals surface area contributed by atoms with E-state index in [1.807, 2.05) is 4.90 Å². The van der Waals surface area contributed by atoms with Gasteiger partial charge in [-0.25, -0.2) is 14.8 Å². The summed E-state index contributed by atoms with van der Waals surface area (Å²) < 4.78 is 11.0. The summed E-state index contributed by atoms with van der Waals surface area (Å²) in [7, 11) is 1.56. The highest BCUT2D eigenvalue weighted by Crippen LogP contribution is 2.45. The van der Waals surface area contributed by atoms with Gasteiger partial charge in [0, 0.05) is 29.9 Å². The molecule has 1 aromatic heterocycles. The Morgan fingerprint density at radius 3 is 2.30 bits per heavy atom. The highest BCUT2D eigenvalue weighted by Gasteiger charge is 2.41. The van der Waals surface area contributed by atoms with Crippen molar-refractivity contribution in [2.75, 3.05) is 13.7 Å². The molecule has 3 aromatic rings. The van der Waals surface area contributed by atoms with E-state index in [-0.39, 0.29) is 24.1 Å². The molecule has 33 heavy (non-hydrogen) atoms. The summed E-state index contributed by atoms with van der Waals surface area (Å²) in [5, 5.41) is 0. The molecule has 3 heterocycles. The van der Waals surface area contributed by atoms with Gasteiger partial charge in [-0.1, -0.05) is 54.6 Å². The Balaban J connectivity index is 1.19. The monoisotopic (exact) mass is 439 g/mol. The van der Waals surface area contributed by atoms with Gasteiger partial charge in [-0.2, -0.15) is 0 Å². The average Bonchev–Trinajstić information content (AvgIpc) is 3.33. The van der Waals surface area contributed by atoms with Gasteiger partial charge in [-0.3, -0.25) is 4.90 Å². The van der Waals surface area contributed by atoms with Gasteiger partial charge in [0.2, 0.25) is 0 Å². The predicted octanol–water partition coefficient (Wildman–Crippen LogP) is 5.05. The fourth-order valence-electron chi connectivity index (χ4n) is 5.58. The fraction of sp³-hybridized carbons (Fsp3) is 0.296. The van der Waals surface area contributed by atoms with Crippen molar-refractivity contribution in [2.45, 2.75) is 37.3 Å². The molecule has 0 spiro atoms. The van der Waals surface area contributed by atoms with Crippen LogP contribution in [0.15, 0.2) is 67.0 Å². The van der Waals surface area contributed by atoms with E-state index in [4.69, 9.17) is 9.47 Å². The molecular formula is C27H25N3O3. The minimum Gasteiger partial charge on any atom is -0.467 e. The van der Waals surface area contributed by atoms with Crippen molar-refractivity contribution >= 4 is 11.7 Å². The molecule has 3 aliphatic rings. The van der Waals surface area contributed by atoms with Gasteiger partial charge in [0.1, 0.15) is 6.61 Å². The number of ether oxygens (including phenoxy) is 2. The number of carbonyl (C=O) groups is 1. The van der Waals surface area contributed by atoms with Crippen LogP contribution in [0.5, 0.6) is 6.01 Å². The number of hydrogen-bond acceptors (Lipinski definition) is 5. The molecule has 2 bridgehead atoms. The zero-order valence-corrected chi connectivity index (χ0v) is 18.5. The van der Waals surface area contributed by atoms with Crippen molar-refractivity contribution < 1.29 is 14.3 Å². The first-order valence-corrected chi connectivity index (χ1v) is 11.4. The second-order valence-electron chi connectivity index (χ2n) is 8.86. The first-order valence-electron chi connectivity index (χ1n) is 11.4. The van der Waals surface area contributed by atoms with Gasteiger partial charge in [0.25, 0.3) is 0 Å². The summed E-state index contributed by atoms with van der Waals surface area (Å²) in [6.45, 7) is 0.353. The molecule has 2 aromatic carbocycles. The van der Waals surface area contributed by atoms with Crippen LogP contribution in [-0.2, 0) is 4.74 Å². The third-order valence-electron chi connectivity index (χ3n) is 7.12. The van der Waals surface area contributed by atoms with Gasteiger partial charge < -0.3 is 9.47 Å². The Morgan fingerprint density at radius 2 is 1.67 bits per heavy atom. The lowest BCUT2D eigenvalue weighted by Gasteiger charge is -2.33. The van der Waals surface area contributed by atoms with E-state index >= 15 is 0 Å². The minimum absolute atomic E-state index is 0.0523. The van der Waals surface area contributed by atoms with Crippen LogP contribution in [0.3, 0.4) is 0 Å². The van der Waals surface area contributed by atoms with Crippen molar-refractivity contribution in [1.82, 2.24) is 14.9 Å².